The fourth-order valence-electron chi connectivity index (χ4n) is 2.14. The van der Waals surface area contributed by atoms with Gasteiger partial charge >= 0.3 is 0 Å². The molecule has 0 saturated heterocycles. The first kappa shape index (κ1) is 16.0. The standard InChI is InChI=1S/C16H20BrFN2O/c1-5-10(2)9-21-16-15(11(3)19-20(16)4)13-7-6-12(18)8-14(13)17/h6-8,10H,5,9H2,1-4H3. The lowest BCUT2D eigenvalue weighted by Gasteiger charge is -2.13. The molecular weight excluding hydrogens is 335 g/mol. The molecule has 1 aromatic carbocycles. The topological polar surface area (TPSA) is 27.1 Å². The Hall–Kier alpha value is -1.36. The maximum Gasteiger partial charge on any atom is 0.219 e. The van der Waals surface area contributed by atoms with Crippen molar-refractivity contribution >= 4 is 15.9 Å². The average Bonchev–Trinajstić information content (AvgIpc) is 2.70. The number of aromatic nitrogens is 2. The van der Waals surface area contributed by atoms with Gasteiger partial charge in [0.05, 0.1) is 17.9 Å². The first-order valence-corrected chi connectivity index (χ1v) is 7.85. The fourth-order valence-corrected chi connectivity index (χ4v) is 2.69. The van der Waals surface area contributed by atoms with Crippen LogP contribution < -0.4 is 4.74 Å². The highest BCUT2D eigenvalue weighted by atomic mass is 79.9. The predicted molar refractivity (Wildman–Crippen MR) is 86.0 cm³/mol. The van der Waals surface area contributed by atoms with E-state index in [4.69, 9.17) is 4.74 Å². The van der Waals surface area contributed by atoms with Gasteiger partial charge in [0, 0.05) is 17.1 Å². The molecule has 21 heavy (non-hydrogen) atoms. The molecule has 0 N–H and O–H groups in total. The van der Waals surface area contributed by atoms with Crippen molar-refractivity contribution in [2.24, 2.45) is 13.0 Å². The van der Waals surface area contributed by atoms with Crippen LogP contribution >= 0.6 is 15.9 Å². The molecule has 0 bridgehead atoms. The Morgan fingerprint density at radius 2 is 2.14 bits per heavy atom. The Morgan fingerprint density at radius 3 is 2.76 bits per heavy atom. The van der Waals surface area contributed by atoms with Crippen molar-refractivity contribution in [2.45, 2.75) is 27.2 Å². The van der Waals surface area contributed by atoms with Crippen molar-refractivity contribution in [1.82, 2.24) is 9.78 Å². The molecule has 0 fully saturated rings. The van der Waals surface area contributed by atoms with Gasteiger partial charge in [0.1, 0.15) is 5.82 Å². The molecule has 0 saturated carbocycles. The van der Waals surface area contributed by atoms with Gasteiger partial charge in [-0.1, -0.05) is 42.3 Å². The maximum atomic E-state index is 13.3. The number of rotatable bonds is 5. The van der Waals surface area contributed by atoms with E-state index in [9.17, 15) is 4.39 Å². The van der Waals surface area contributed by atoms with Crippen LogP contribution in [0.25, 0.3) is 11.1 Å². The number of nitrogens with zero attached hydrogens (tertiary/aromatic N) is 2. The Morgan fingerprint density at radius 1 is 1.43 bits per heavy atom. The molecule has 5 heteroatoms. The third-order valence-corrected chi connectivity index (χ3v) is 4.23. The molecule has 2 rings (SSSR count). The zero-order chi connectivity index (χ0) is 15.6. The van der Waals surface area contributed by atoms with Crippen molar-refractivity contribution in [2.75, 3.05) is 6.61 Å². The summed E-state index contributed by atoms with van der Waals surface area (Å²) in [6.07, 6.45) is 1.06. The SMILES string of the molecule is CCC(C)COc1c(-c2ccc(F)cc2Br)c(C)nn1C. The lowest BCUT2D eigenvalue weighted by molar-refractivity contribution is 0.238. The van der Waals surface area contributed by atoms with Gasteiger partial charge in [-0.15, -0.1) is 0 Å². The Labute approximate surface area is 133 Å². The minimum atomic E-state index is -0.269. The van der Waals surface area contributed by atoms with Crippen LogP contribution in [0.1, 0.15) is 26.0 Å². The molecule has 0 amide bonds. The van der Waals surface area contributed by atoms with Crippen molar-refractivity contribution in [1.29, 1.82) is 0 Å². The summed E-state index contributed by atoms with van der Waals surface area (Å²) in [4.78, 5) is 0. The molecule has 0 spiro atoms. The third kappa shape index (κ3) is 3.46. The maximum absolute atomic E-state index is 13.3. The summed E-state index contributed by atoms with van der Waals surface area (Å²) in [6.45, 7) is 6.86. The number of aryl methyl sites for hydroxylation is 2. The van der Waals surface area contributed by atoms with E-state index in [2.05, 4.69) is 34.9 Å². The van der Waals surface area contributed by atoms with E-state index in [1.807, 2.05) is 14.0 Å². The Kier molecular flexibility index (Phi) is 5.04. The van der Waals surface area contributed by atoms with Crippen LogP contribution in [0.2, 0.25) is 0 Å². The molecule has 0 aliphatic heterocycles. The average molecular weight is 355 g/mol. The predicted octanol–water partition coefficient (Wildman–Crippen LogP) is 4.72. The van der Waals surface area contributed by atoms with Crippen molar-refractivity contribution < 1.29 is 9.13 Å². The van der Waals surface area contributed by atoms with E-state index in [0.717, 1.165) is 29.1 Å². The van der Waals surface area contributed by atoms with E-state index in [1.165, 1.54) is 12.1 Å². The second-order valence-corrected chi connectivity index (χ2v) is 6.19. The van der Waals surface area contributed by atoms with Crippen LogP contribution in [0.4, 0.5) is 4.39 Å². The van der Waals surface area contributed by atoms with Gasteiger partial charge in [-0.25, -0.2) is 9.07 Å². The second kappa shape index (κ2) is 6.60. The molecule has 1 aromatic heterocycles. The van der Waals surface area contributed by atoms with Crippen LogP contribution in [0.15, 0.2) is 22.7 Å². The number of hydrogen-bond donors (Lipinski definition) is 0. The number of halogens is 2. The molecule has 1 unspecified atom stereocenters. The van der Waals surface area contributed by atoms with Gasteiger partial charge in [0.15, 0.2) is 0 Å². The summed E-state index contributed by atoms with van der Waals surface area (Å²) in [5, 5.41) is 4.43. The Bertz CT molecular complexity index is 639. The molecular formula is C16H20BrFN2O. The Balaban J connectivity index is 2.43. The van der Waals surface area contributed by atoms with E-state index < -0.39 is 0 Å². The minimum absolute atomic E-state index is 0.269. The van der Waals surface area contributed by atoms with E-state index in [1.54, 1.807) is 10.7 Å². The van der Waals surface area contributed by atoms with Gasteiger partial charge in [-0.3, -0.25) is 0 Å². The fraction of sp³-hybridized carbons (Fsp3) is 0.438. The van der Waals surface area contributed by atoms with Crippen molar-refractivity contribution in [3.63, 3.8) is 0 Å². The van der Waals surface area contributed by atoms with E-state index in [-0.39, 0.29) is 5.82 Å². The van der Waals surface area contributed by atoms with Gasteiger partial charge in [-0.2, -0.15) is 5.10 Å². The van der Waals surface area contributed by atoms with Crippen LogP contribution in [-0.2, 0) is 7.05 Å². The highest BCUT2D eigenvalue weighted by Gasteiger charge is 2.19. The lowest BCUT2D eigenvalue weighted by atomic mass is 10.1. The molecule has 0 aliphatic carbocycles. The largest absolute Gasteiger partial charge is 0.477 e. The lowest BCUT2D eigenvalue weighted by Crippen LogP contribution is -2.10. The molecule has 3 nitrogen and oxygen atoms in total. The van der Waals surface area contributed by atoms with Crippen LogP contribution in [0.5, 0.6) is 5.88 Å². The number of benzene rings is 1. The molecule has 0 aliphatic rings. The van der Waals surface area contributed by atoms with E-state index >= 15 is 0 Å². The first-order chi connectivity index (χ1) is 9.93. The summed E-state index contributed by atoms with van der Waals surface area (Å²) in [5.74, 6) is 0.930. The highest BCUT2D eigenvalue weighted by molar-refractivity contribution is 9.10. The first-order valence-electron chi connectivity index (χ1n) is 7.05. The van der Waals surface area contributed by atoms with Gasteiger partial charge in [0.2, 0.25) is 5.88 Å². The van der Waals surface area contributed by atoms with Gasteiger partial charge < -0.3 is 4.74 Å². The number of ether oxygens (including phenoxy) is 1. The molecule has 0 radical (unpaired) electrons. The molecule has 1 heterocycles. The van der Waals surface area contributed by atoms with Crippen LogP contribution in [-0.4, -0.2) is 16.4 Å². The summed E-state index contributed by atoms with van der Waals surface area (Å²) in [6, 6.07) is 4.66. The summed E-state index contributed by atoms with van der Waals surface area (Å²) in [5.41, 5.74) is 2.66. The normalized spacial score (nSPS) is 12.5. The van der Waals surface area contributed by atoms with Crippen LogP contribution in [0, 0.1) is 18.7 Å². The quantitative estimate of drug-likeness (QED) is 0.776. The molecule has 1 atom stereocenters. The monoisotopic (exact) mass is 354 g/mol. The zero-order valence-corrected chi connectivity index (χ0v) is 14.4. The number of hydrogen-bond acceptors (Lipinski definition) is 2. The minimum Gasteiger partial charge on any atom is -0.477 e. The van der Waals surface area contributed by atoms with E-state index in [0.29, 0.717) is 17.0 Å². The second-order valence-electron chi connectivity index (χ2n) is 5.34. The van der Waals surface area contributed by atoms with Crippen molar-refractivity contribution in [3.05, 3.63) is 34.2 Å². The summed E-state index contributed by atoms with van der Waals surface area (Å²) in [7, 11) is 1.86. The van der Waals surface area contributed by atoms with Crippen molar-refractivity contribution in [3.8, 4) is 17.0 Å². The van der Waals surface area contributed by atoms with Gasteiger partial charge in [0.25, 0.3) is 0 Å². The summed E-state index contributed by atoms with van der Waals surface area (Å²) >= 11 is 3.42. The van der Waals surface area contributed by atoms with Gasteiger partial charge in [-0.05, 0) is 25.0 Å². The highest BCUT2D eigenvalue weighted by Crippen LogP contribution is 2.37. The third-order valence-electron chi connectivity index (χ3n) is 3.57. The molecule has 2 aromatic rings. The molecule has 114 valence electrons. The summed E-state index contributed by atoms with van der Waals surface area (Å²) < 4.78 is 21.7. The van der Waals surface area contributed by atoms with Crippen LogP contribution in [0.3, 0.4) is 0 Å². The zero-order valence-electron chi connectivity index (χ0n) is 12.8. The smallest absolute Gasteiger partial charge is 0.219 e.